The molecule has 0 atom stereocenters. The Morgan fingerprint density at radius 3 is 2.56 bits per heavy atom. The van der Waals surface area contributed by atoms with Gasteiger partial charge in [-0.05, 0) is 48.2 Å². The van der Waals surface area contributed by atoms with Gasteiger partial charge in [-0.3, -0.25) is 0 Å². The van der Waals surface area contributed by atoms with E-state index in [1.54, 1.807) is 0 Å². The van der Waals surface area contributed by atoms with Crippen LogP contribution in [0.4, 0.5) is 0 Å². The highest BCUT2D eigenvalue weighted by atomic mass is 15.0. The molecule has 0 saturated heterocycles. The van der Waals surface area contributed by atoms with E-state index in [1.807, 2.05) is 0 Å². The summed E-state index contributed by atoms with van der Waals surface area (Å²) in [5.74, 6) is 0. The summed E-state index contributed by atoms with van der Waals surface area (Å²) in [7, 11) is 0. The summed E-state index contributed by atoms with van der Waals surface area (Å²) in [5, 5.41) is 6.16. The predicted molar refractivity (Wildman–Crippen MR) is 78.6 cm³/mol. The van der Waals surface area contributed by atoms with Crippen LogP contribution < -0.4 is 5.32 Å². The highest BCUT2D eigenvalue weighted by Gasteiger charge is 2.22. The van der Waals surface area contributed by atoms with Gasteiger partial charge in [0.05, 0.1) is 0 Å². The molecule has 2 aromatic rings. The summed E-state index contributed by atoms with van der Waals surface area (Å²) >= 11 is 0. The van der Waals surface area contributed by atoms with Crippen molar-refractivity contribution in [1.82, 2.24) is 5.32 Å². The largest absolute Gasteiger partial charge is 0.308 e. The maximum Gasteiger partial charge on any atom is 0.0168 e. The van der Waals surface area contributed by atoms with E-state index in [-0.39, 0.29) is 5.54 Å². The van der Waals surface area contributed by atoms with Gasteiger partial charge in [-0.2, -0.15) is 0 Å². The molecular weight excluding hydrogens is 218 g/mol. The lowest BCUT2D eigenvalue weighted by Gasteiger charge is -2.31. The van der Waals surface area contributed by atoms with Gasteiger partial charge in [-0.15, -0.1) is 0 Å². The highest BCUT2D eigenvalue weighted by molar-refractivity contribution is 5.86. The minimum atomic E-state index is 0.204. The van der Waals surface area contributed by atoms with Crippen molar-refractivity contribution in [3.05, 3.63) is 54.1 Å². The molecule has 1 aliphatic rings. The molecule has 1 nitrogen and oxygen atoms in total. The fraction of sp³-hybridized carbons (Fsp3) is 0.294. The molecule has 1 heteroatoms. The van der Waals surface area contributed by atoms with Crippen LogP contribution in [-0.2, 0) is 0 Å². The summed E-state index contributed by atoms with van der Waals surface area (Å²) in [6.45, 7) is 5.50. The van der Waals surface area contributed by atoms with Crippen LogP contribution in [0.5, 0.6) is 0 Å². The van der Waals surface area contributed by atoms with Crippen molar-refractivity contribution >= 4 is 16.3 Å². The third-order valence-electron chi connectivity index (χ3n) is 3.68. The zero-order chi connectivity index (χ0) is 12.6. The molecule has 1 aliphatic heterocycles. The van der Waals surface area contributed by atoms with Gasteiger partial charge in [0, 0.05) is 12.1 Å². The zero-order valence-electron chi connectivity index (χ0n) is 11.0. The maximum atomic E-state index is 3.52. The molecule has 1 N–H and O–H groups in total. The van der Waals surface area contributed by atoms with E-state index in [1.165, 1.54) is 21.9 Å². The zero-order valence-corrected chi connectivity index (χ0v) is 11.0. The Morgan fingerprint density at radius 1 is 1.00 bits per heavy atom. The minimum absolute atomic E-state index is 0.204. The molecule has 0 amide bonds. The summed E-state index contributed by atoms with van der Waals surface area (Å²) in [6, 6.07) is 15.3. The van der Waals surface area contributed by atoms with Crippen molar-refractivity contribution in [3.63, 3.8) is 0 Å². The normalized spacial score (nSPS) is 18.7. The van der Waals surface area contributed by atoms with Crippen molar-refractivity contribution in [2.24, 2.45) is 0 Å². The molecule has 0 saturated carbocycles. The number of fused-ring (bicyclic) bond motifs is 1. The minimum Gasteiger partial charge on any atom is -0.308 e. The fourth-order valence-electron chi connectivity index (χ4n) is 2.67. The molecule has 3 rings (SSSR count). The van der Waals surface area contributed by atoms with E-state index in [2.05, 4.69) is 67.7 Å². The molecule has 0 spiro atoms. The molecule has 1 heterocycles. The molecule has 0 aromatic heterocycles. The van der Waals surface area contributed by atoms with Crippen LogP contribution in [0.25, 0.3) is 16.3 Å². The first kappa shape index (κ1) is 11.5. The van der Waals surface area contributed by atoms with Gasteiger partial charge in [0.1, 0.15) is 0 Å². The number of nitrogens with one attached hydrogen (secondary N) is 1. The molecule has 0 fully saturated rings. The van der Waals surface area contributed by atoms with E-state index in [4.69, 9.17) is 0 Å². The van der Waals surface area contributed by atoms with Crippen molar-refractivity contribution in [1.29, 1.82) is 0 Å². The van der Waals surface area contributed by atoms with Gasteiger partial charge in [0.15, 0.2) is 0 Å². The summed E-state index contributed by atoms with van der Waals surface area (Å²) < 4.78 is 0. The van der Waals surface area contributed by atoms with Crippen molar-refractivity contribution in [3.8, 4) is 0 Å². The number of rotatable bonds is 1. The Balaban J connectivity index is 2.02. The van der Waals surface area contributed by atoms with Gasteiger partial charge in [0.25, 0.3) is 0 Å². The van der Waals surface area contributed by atoms with Crippen LogP contribution in [-0.4, -0.2) is 12.1 Å². The van der Waals surface area contributed by atoms with Crippen molar-refractivity contribution < 1.29 is 0 Å². The second-order valence-corrected chi connectivity index (χ2v) is 5.73. The quantitative estimate of drug-likeness (QED) is 0.790. The standard InChI is InChI=1S/C17H19N/c1-17(2)12-16(9-10-18-17)15-8-7-13-5-3-4-6-14(13)11-15/h3-9,11,18H,10,12H2,1-2H3. The van der Waals surface area contributed by atoms with Gasteiger partial charge in [0.2, 0.25) is 0 Å². The Kier molecular flexibility index (Phi) is 2.71. The summed E-state index contributed by atoms with van der Waals surface area (Å²) in [4.78, 5) is 0. The Morgan fingerprint density at radius 2 is 1.78 bits per heavy atom. The first-order chi connectivity index (χ1) is 8.64. The lowest BCUT2D eigenvalue weighted by atomic mass is 9.87. The monoisotopic (exact) mass is 237 g/mol. The first-order valence-electron chi connectivity index (χ1n) is 6.57. The maximum absolute atomic E-state index is 3.52. The average Bonchev–Trinajstić information content (AvgIpc) is 2.37. The molecule has 92 valence electrons. The lowest BCUT2D eigenvalue weighted by molar-refractivity contribution is 0.406. The molecule has 0 bridgehead atoms. The third kappa shape index (κ3) is 2.19. The molecule has 0 aliphatic carbocycles. The number of hydrogen-bond donors (Lipinski definition) is 1. The highest BCUT2D eigenvalue weighted by Crippen LogP contribution is 2.29. The number of benzene rings is 2. The SMILES string of the molecule is CC1(C)CC(c2ccc3ccccc3c2)=CCN1. The van der Waals surface area contributed by atoms with Crippen molar-refractivity contribution in [2.45, 2.75) is 25.8 Å². The van der Waals surface area contributed by atoms with Crippen LogP contribution in [0.15, 0.2) is 48.5 Å². The van der Waals surface area contributed by atoms with Gasteiger partial charge < -0.3 is 5.32 Å². The van der Waals surface area contributed by atoms with Gasteiger partial charge in [-0.1, -0.05) is 42.5 Å². The Bertz CT molecular complexity index is 608. The van der Waals surface area contributed by atoms with E-state index in [0.29, 0.717) is 0 Å². The fourth-order valence-corrected chi connectivity index (χ4v) is 2.67. The van der Waals surface area contributed by atoms with Crippen molar-refractivity contribution in [2.75, 3.05) is 6.54 Å². The lowest BCUT2D eigenvalue weighted by Crippen LogP contribution is -2.42. The Hall–Kier alpha value is -1.60. The van der Waals surface area contributed by atoms with Crippen LogP contribution in [0.3, 0.4) is 0 Å². The number of hydrogen-bond acceptors (Lipinski definition) is 1. The van der Waals surface area contributed by atoms with Crippen LogP contribution in [0.1, 0.15) is 25.8 Å². The third-order valence-corrected chi connectivity index (χ3v) is 3.68. The summed E-state index contributed by atoms with van der Waals surface area (Å²) in [5.41, 5.74) is 3.03. The Labute approximate surface area is 109 Å². The van der Waals surface area contributed by atoms with Gasteiger partial charge in [-0.25, -0.2) is 0 Å². The smallest absolute Gasteiger partial charge is 0.0168 e. The first-order valence-corrected chi connectivity index (χ1v) is 6.57. The molecule has 0 unspecified atom stereocenters. The summed E-state index contributed by atoms with van der Waals surface area (Å²) in [6.07, 6.45) is 3.40. The molecule has 18 heavy (non-hydrogen) atoms. The van der Waals surface area contributed by atoms with E-state index >= 15 is 0 Å². The predicted octanol–water partition coefficient (Wildman–Crippen LogP) is 4.00. The average molecular weight is 237 g/mol. The van der Waals surface area contributed by atoms with E-state index < -0.39 is 0 Å². The van der Waals surface area contributed by atoms with E-state index in [0.717, 1.165) is 13.0 Å². The molecule has 0 radical (unpaired) electrons. The van der Waals surface area contributed by atoms with Gasteiger partial charge >= 0.3 is 0 Å². The molecular formula is C17H19N. The molecule has 2 aromatic carbocycles. The van der Waals surface area contributed by atoms with Crippen LogP contribution >= 0.6 is 0 Å². The second-order valence-electron chi connectivity index (χ2n) is 5.73. The topological polar surface area (TPSA) is 12.0 Å². The van der Waals surface area contributed by atoms with Crippen LogP contribution in [0, 0.1) is 0 Å². The van der Waals surface area contributed by atoms with Crippen LogP contribution in [0.2, 0.25) is 0 Å². The second kappa shape index (κ2) is 4.25. The van der Waals surface area contributed by atoms with E-state index in [9.17, 15) is 0 Å².